The zero-order valence-electron chi connectivity index (χ0n) is 17.0. The normalized spacial score (nSPS) is 19.1. The number of carbonyl (C=O) groups is 1. The van der Waals surface area contributed by atoms with E-state index >= 15 is 0 Å². The molecule has 6 heteroatoms. The van der Waals surface area contributed by atoms with Gasteiger partial charge in [0.05, 0.1) is 19.9 Å². The summed E-state index contributed by atoms with van der Waals surface area (Å²) >= 11 is 0. The van der Waals surface area contributed by atoms with E-state index < -0.39 is 0 Å². The summed E-state index contributed by atoms with van der Waals surface area (Å²) in [6.45, 7) is 7.86. The van der Waals surface area contributed by atoms with Gasteiger partial charge >= 0.3 is 0 Å². The minimum Gasteiger partial charge on any atom is -0.497 e. The summed E-state index contributed by atoms with van der Waals surface area (Å²) in [6, 6.07) is 14.1. The SMILES string of the molecule is COc1ccc(NC(=O)C[NH+]2CC[NH+](Cc3cccc(C)c3)CC2)c(OC)c1. The number of methoxy groups -OCH3 is 2. The molecule has 1 aliphatic rings. The molecule has 1 heterocycles. The van der Waals surface area contributed by atoms with Crippen molar-refractivity contribution in [1.82, 2.24) is 0 Å². The fraction of sp³-hybridized carbons (Fsp3) is 0.409. The number of quaternary nitrogens is 2. The molecule has 3 N–H and O–H groups in total. The smallest absolute Gasteiger partial charge is 0.279 e. The number of rotatable bonds is 7. The van der Waals surface area contributed by atoms with Crippen LogP contribution < -0.4 is 24.6 Å². The van der Waals surface area contributed by atoms with Crippen molar-refractivity contribution in [3.8, 4) is 11.5 Å². The summed E-state index contributed by atoms with van der Waals surface area (Å²) < 4.78 is 10.6. The molecule has 2 aromatic rings. The first kappa shape index (κ1) is 20.2. The quantitative estimate of drug-likeness (QED) is 0.626. The number of ether oxygens (including phenoxy) is 2. The van der Waals surface area contributed by atoms with Gasteiger partial charge in [-0.1, -0.05) is 29.8 Å². The zero-order chi connectivity index (χ0) is 19.9. The van der Waals surface area contributed by atoms with E-state index in [9.17, 15) is 4.79 Å². The van der Waals surface area contributed by atoms with Crippen LogP contribution in [-0.4, -0.2) is 52.9 Å². The lowest BCUT2D eigenvalue weighted by atomic mass is 10.1. The first-order chi connectivity index (χ1) is 13.6. The molecular weight excluding hydrogens is 354 g/mol. The van der Waals surface area contributed by atoms with Crippen LogP contribution in [0.25, 0.3) is 0 Å². The van der Waals surface area contributed by atoms with E-state index in [2.05, 4.69) is 36.5 Å². The van der Waals surface area contributed by atoms with Crippen LogP contribution in [0.5, 0.6) is 11.5 Å². The van der Waals surface area contributed by atoms with E-state index in [-0.39, 0.29) is 5.91 Å². The number of carbonyl (C=O) groups excluding carboxylic acids is 1. The van der Waals surface area contributed by atoms with Crippen LogP contribution >= 0.6 is 0 Å². The molecule has 0 bridgehead atoms. The molecule has 0 radical (unpaired) electrons. The highest BCUT2D eigenvalue weighted by Gasteiger charge is 2.25. The van der Waals surface area contributed by atoms with Crippen molar-refractivity contribution < 1.29 is 24.1 Å². The highest BCUT2D eigenvalue weighted by Crippen LogP contribution is 2.28. The molecule has 1 saturated heterocycles. The van der Waals surface area contributed by atoms with Gasteiger partial charge < -0.3 is 24.6 Å². The van der Waals surface area contributed by atoms with Gasteiger partial charge in [-0.15, -0.1) is 0 Å². The monoisotopic (exact) mass is 385 g/mol. The topological polar surface area (TPSA) is 56.4 Å². The third kappa shape index (κ3) is 5.47. The highest BCUT2D eigenvalue weighted by molar-refractivity contribution is 5.93. The minimum absolute atomic E-state index is 0.0144. The maximum atomic E-state index is 12.5. The van der Waals surface area contributed by atoms with E-state index in [0.717, 1.165) is 32.7 Å². The van der Waals surface area contributed by atoms with Crippen molar-refractivity contribution >= 4 is 11.6 Å². The van der Waals surface area contributed by atoms with E-state index in [1.54, 1.807) is 25.2 Å². The summed E-state index contributed by atoms with van der Waals surface area (Å²) in [5.74, 6) is 1.32. The van der Waals surface area contributed by atoms with Gasteiger partial charge in [0.25, 0.3) is 5.91 Å². The molecule has 0 saturated carbocycles. The Morgan fingerprint density at radius 3 is 2.43 bits per heavy atom. The molecule has 6 nitrogen and oxygen atoms in total. The molecule has 0 atom stereocenters. The van der Waals surface area contributed by atoms with Gasteiger partial charge in [0.2, 0.25) is 0 Å². The summed E-state index contributed by atoms with van der Waals surface area (Å²) in [5, 5.41) is 2.97. The standard InChI is InChI=1S/C22H29N3O3/c1-17-5-4-6-18(13-17)15-24-9-11-25(12-10-24)16-22(26)23-20-8-7-19(27-2)14-21(20)28-3/h4-8,13-14H,9-12,15-16H2,1-3H3,(H,23,26)/p+2. The zero-order valence-corrected chi connectivity index (χ0v) is 17.0. The molecule has 0 aromatic heterocycles. The van der Waals surface area contributed by atoms with Gasteiger partial charge in [-0.25, -0.2) is 0 Å². The third-order valence-corrected chi connectivity index (χ3v) is 5.29. The molecule has 3 rings (SSSR count). The Bertz CT molecular complexity index is 801. The highest BCUT2D eigenvalue weighted by atomic mass is 16.5. The molecule has 1 amide bonds. The number of amides is 1. The molecule has 2 aromatic carbocycles. The van der Waals surface area contributed by atoms with Crippen molar-refractivity contribution in [3.05, 3.63) is 53.6 Å². The predicted molar refractivity (Wildman–Crippen MR) is 109 cm³/mol. The summed E-state index contributed by atoms with van der Waals surface area (Å²) in [7, 11) is 3.20. The van der Waals surface area contributed by atoms with E-state index in [1.165, 1.54) is 16.0 Å². The molecule has 0 unspecified atom stereocenters. The summed E-state index contributed by atoms with van der Waals surface area (Å²) in [5.41, 5.74) is 3.38. The van der Waals surface area contributed by atoms with Crippen LogP contribution in [0.1, 0.15) is 11.1 Å². The van der Waals surface area contributed by atoms with E-state index in [4.69, 9.17) is 9.47 Å². The Morgan fingerprint density at radius 2 is 1.75 bits per heavy atom. The Morgan fingerprint density at radius 1 is 1.00 bits per heavy atom. The van der Waals surface area contributed by atoms with E-state index in [0.29, 0.717) is 23.7 Å². The molecule has 0 spiro atoms. The van der Waals surface area contributed by atoms with Gasteiger partial charge in [0.15, 0.2) is 6.54 Å². The molecular formula is C22H31N3O3+2. The number of benzene rings is 2. The molecule has 150 valence electrons. The van der Waals surface area contributed by atoms with Crippen LogP contribution in [0.3, 0.4) is 0 Å². The first-order valence-electron chi connectivity index (χ1n) is 9.82. The van der Waals surface area contributed by atoms with Crippen molar-refractivity contribution in [2.75, 3.05) is 52.3 Å². The summed E-state index contributed by atoms with van der Waals surface area (Å²) in [4.78, 5) is 15.4. The minimum atomic E-state index is 0.0144. The maximum Gasteiger partial charge on any atom is 0.279 e. The van der Waals surface area contributed by atoms with Crippen LogP contribution in [0, 0.1) is 6.92 Å². The second-order valence-corrected chi connectivity index (χ2v) is 7.46. The van der Waals surface area contributed by atoms with Crippen molar-refractivity contribution in [2.45, 2.75) is 13.5 Å². The molecule has 1 aliphatic heterocycles. The number of nitrogens with one attached hydrogen (secondary N) is 3. The second-order valence-electron chi connectivity index (χ2n) is 7.46. The average Bonchev–Trinajstić information content (AvgIpc) is 2.70. The van der Waals surface area contributed by atoms with Crippen LogP contribution in [0.4, 0.5) is 5.69 Å². The third-order valence-electron chi connectivity index (χ3n) is 5.29. The summed E-state index contributed by atoms with van der Waals surface area (Å²) in [6.07, 6.45) is 0. The van der Waals surface area contributed by atoms with Gasteiger partial charge in [0.1, 0.15) is 44.2 Å². The average molecular weight is 386 g/mol. The lowest BCUT2D eigenvalue weighted by molar-refractivity contribution is -1.02. The van der Waals surface area contributed by atoms with Gasteiger partial charge in [-0.05, 0) is 19.1 Å². The van der Waals surface area contributed by atoms with Crippen molar-refractivity contribution in [1.29, 1.82) is 0 Å². The van der Waals surface area contributed by atoms with Gasteiger partial charge in [-0.3, -0.25) is 4.79 Å². The number of hydrogen-bond acceptors (Lipinski definition) is 3. The lowest BCUT2D eigenvalue weighted by Crippen LogP contribution is -3.28. The fourth-order valence-corrected chi connectivity index (χ4v) is 3.74. The van der Waals surface area contributed by atoms with Crippen LogP contribution in [0.2, 0.25) is 0 Å². The lowest BCUT2D eigenvalue weighted by Gasteiger charge is -2.29. The number of anilines is 1. The number of hydrogen-bond donors (Lipinski definition) is 3. The van der Waals surface area contributed by atoms with Crippen LogP contribution in [0.15, 0.2) is 42.5 Å². The van der Waals surface area contributed by atoms with Crippen LogP contribution in [-0.2, 0) is 11.3 Å². The second kappa shape index (κ2) is 9.57. The number of piperazine rings is 1. The van der Waals surface area contributed by atoms with E-state index in [1.807, 2.05) is 12.1 Å². The first-order valence-corrected chi connectivity index (χ1v) is 9.82. The Hall–Kier alpha value is -2.57. The largest absolute Gasteiger partial charge is 0.497 e. The van der Waals surface area contributed by atoms with Gasteiger partial charge in [-0.2, -0.15) is 0 Å². The molecule has 1 fully saturated rings. The Kier molecular flexibility index (Phi) is 6.90. The number of aryl methyl sites for hydroxylation is 1. The van der Waals surface area contributed by atoms with Crippen molar-refractivity contribution in [2.24, 2.45) is 0 Å². The van der Waals surface area contributed by atoms with Gasteiger partial charge in [0, 0.05) is 11.6 Å². The fourth-order valence-electron chi connectivity index (χ4n) is 3.74. The van der Waals surface area contributed by atoms with Crippen molar-refractivity contribution in [3.63, 3.8) is 0 Å². The maximum absolute atomic E-state index is 12.5. The Balaban J connectivity index is 1.47. The molecule has 0 aliphatic carbocycles. The molecule has 28 heavy (non-hydrogen) atoms. The predicted octanol–water partition coefficient (Wildman–Crippen LogP) is -0.0657. The Labute approximate surface area is 167 Å².